The summed E-state index contributed by atoms with van der Waals surface area (Å²) in [5.74, 6) is 0.956. The Bertz CT molecular complexity index is 1670. The molecule has 0 bridgehead atoms. The van der Waals surface area contributed by atoms with Crippen LogP contribution in [-0.4, -0.2) is 55.1 Å². The third-order valence-electron chi connectivity index (χ3n) is 7.35. The fourth-order valence-corrected chi connectivity index (χ4v) is 5.37. The number of benzene rings is 1. The second-order valence-electron chi connectivity index (χ2n) is 9.98. The molecule has 1 fully saturated rings. The Morgan fingerprint density at radius 3 is 2.71 bits per heavy atom. The van der Waals surface area contributed by atoms with Gasteiger partial charge in [0.1, 0.15) is 11.6 Å². The Kier molecular flexibility index (Phi) is 5.95. The summed E-state index contributed by atoms with van der Waals surface area (Å²) in [6.07, 6.45) is 5.53. The molecule has 8 nitrogen and oxygen atoms in total. The van der Waals surface area contributed by atoms with E-state index < -0.39 is 0 Å². The molecule has 1 atom stereocenters. The zero-order valence-corrected chi connectivity index (χ0v) is 22.2. The Labute approximate surface area is 220 Å². The van der Waals surface area contributed by atoms with E-state index >= 15 is 0 Å². The van der Waals surface area contributed by atoms with Crippen LogP contribution in [0.15, 0.2) is 48.9 Å². The van der Waals surface area contributed by atoms with Gasteiger partial charge in [-0.15, -0.1) is 0 Å². The largest absolute Gasteiger partial charge is 0.377 e. The summed E-state index contributed by atoms with van der Waals surface area (Å²) >= 11 is 0. The lowest BCUT2D eigenvalue weighted by molar-refractivity contribution is 0.0985. The van der Waals surface area contributed by atoms with Crippen molar-refractivity contribution < 1.29 is 9.13 Å². The lowest BCUT2D eigenvalue weighted by Crippen LogP contribution is -2.44. The van der Waals surface area contributed by atoms with E-state index in [1.807, 2.05) is 67.7 Å². The smallest absolute Gasteiger partial charge is 0.162 e. The number of anilines is 1. The fourth-order valence-electron chi connectivity index (χ4n) is 5.37. The molecular formula is C29H30FN7O. The summed E-state index contributed by atoms with van der Waals surface area (Å²) in [6, 6.07) is 9.18. The second kappa shape index (κ2) is 9.33. The van der Waals surface area contributed by atoms with Crippen molar-refractivity contribution in [1.82, 2.24) is 29.3 Å². The molecular weight excluding hydrogens is 481 g/mol. The van der Waals surface area contributed by atoms with Gasteiger partial charge in [-0.25, -0.2) is 19.0 Å². The van der Waals surface area contributed by atoms with Crippen LogP contribution in [-0.2, 0) is 11.8 Å². The normalized spacial score (nSPS) is 15.9. The summed E-state index contributed by atoms with van der Waals surface area (Å²) < 4.78 is 24.4. The highest BCUT2D eigenvalue weighted by molar-refractivity contribution is 5.94. The molecule has 1 aliphatic heterocycles. The number of aryl methyl sites for hydroxylation is 3. The van der Waals surface area contributed by atoms with Crippen molar-refractivity contribution in [2.45, 2.75) is 33.7 Å². The summed E-state index contributed by atoms with van der Waals surface area (Å²) in [5, 5.41) is 5.78. The molecule has 38 heavy (non-hydrogen) atoms. The first-order valence-electron chi connectivity index (χ1n) is 12.8. The number of aromatic nitrogens is 6. The van der Waals surface area contributed by atoms with E-state index in [1.165, 1.54) is 6.07 Å². The van der Waals surface area contributed by atoms with Gasteiger partial charge >= 0.3 is 0 Å². The molecule has 0 unspecified atom stereocenters. The van der Waals surface area contributed by atoms with E-state index in [2.05, 4.69) is 16.8 Å². The number of ether oxygens (including phenoxy) is 1. The average molecular weight is 512 g/mol. The van der Waals surface area contributed by atoms with Gasteiger partial charge in [-0.05, 0) is 57.5 Å². The van der Waals surface area contributed by atoms with Gasteiger partial charge in [0.2, 0.25) is 0 Å². The number of pyridine rings is 1. The van der Waals surface area contributed by atoms with Crippen molar-refractivity contribution in [1.29, 1.82) is 0 Å². The minimum Gasteiger partial charge on any atom is -0.377 e. The van der Waals surface area contributed by atoms with Crippen molar-refractivity contribution in [2.24, 2.45) is 7.05 Å². The summed E-state index contributed by atoms with van der Waals surface area (Å²) in [4.78, 5) is 16.5. The minimum absolute atomic E-state index is 0.146. The first kappa shape index (κ1) is 24.2. The Balaban J connectivity index is 1.59. The first-order valence-corrected chi connectivity index (χ1v) is 12.8. The molecule has 0 aliphatic carbocycles. The number of rotatable bonds is 4. The minimum atomic E-state index is -0.321. The molecule has 0 radical (unpaired) electrons. The van der Waals surface area contributed by atoms with Crippen molar-refractivity contribution in [2.75, 3.05) is 24.7 Å². The van der Waals surface area contributed by atoms with E-state index in [-0.39, 0.29) is 11.9 Å². The van der Waals surface area contributed by atoms with E-state index in [1.54, 1.807) is 12.3 Å². The highest BCUT2D eigenvalue weighted by Gasteiger charge is 2.25. The van der Waals surface area contributed by atoms with Crippen LogP contribution in [0.25, 0.3) is 39.2 Å². The van der Waals surface area contributed by atoms with Crippen LogP contribution in [0.4, 0.5) is 10.2 Å². The number of morpholine rings is 1. The first-order chi connectivity index (χ1) is 18.3. The lowest BCUT2D eigenvalue weighted by Gasteiger charge is -2.34. The van der Waals surface area contributed by atoms with E-state index in [0.717, 1.165) is 50.6 Å². The fraction of sp³-hybridized carbons (Fsp3) is 0.310. The third-order valence-corrected chi connectivity index (χ3v) is 7.35. The second-order valence-corrected chi connectivity index (χ2v) is 9.98. The number of fused-ring (bicyclic) bond motifs is 1. The number of nitrogens with zero attached hydrogens (tertiary/aromatic N) is 7. The SMILES string of the molecule is Cc1cnccc1-n1nc(C)c(-c2cc(N3CCOC[C@H]3C)nc(-c3cc(F)cc4c3ccn4C)n2)c1C. The molecule has 0 N–H and O–H groups in total. The average Bonchev–Trinajstić information content (AvgIpc) is 3.42. The molecule has 194 valence electrons. The van der Waals surface area contributed by atoms with E-state index in [4.69, 9.17) is 19.8 Å². The lowest BCUT2D eigenvalue weighted by atomic mass is 10.1. The number of halogens is 1. The molecule has 6 rings (SSSR count). The van der Waals surface area contributed by atoms with Crippen molar-refractivity contribution >= 4 is 16.7 Å². The van der Waals surface area contributed by atoms with Crippen LogP contribution in [0, 0.1) is 26.6 Å². The van der Waals surface area contributed by atoms with Crippen LogP contribution in [0.1, 0.15) is 23.9 Å². The maximum absolute atomic E-state index is 14.8. The van der Waals surface area contributed by atoms with Gasteiger partial charge in [0.15, 0.2) is 5.82 Å². The van der Waals surface area contributed by atoms with E-state index in [0.29, 0.717) is 31.1 Å². The van der Waals surface area contributed by atoms with Crippen LogP contribution in [0.5, 0.6) is 0 Å². The summed E-state index contributed by atoms with van der Waals surface area (Å²) in [7, 11) is 1.91. The summed E-state index contributed by atoms with van der Waals surface area (Å²) in [5.41, 5.74) is 6.97. The van der Waals surface area contributed by atoms with Crippen molar-refractivity contribution in [3.8, 4) is 28.3 Å². The zero-order valence-electron chi connectivity index (χ0n) is 22.2. The Morgan fingerprint density at radius 2 is 1.92 bits per heavy atom. The van der Waals surface area contributed by atoms with Crippen molar-refractivity contribution in [3.05, 3.63) is 71.7 Å². The Morgan fingerprint density at radius 1 is 1.08 bits per heavy atom. The highest BCUT2D eigenvalue weighted by Crippen LogP contribution is 2.35. The topological polar surface area (TPSA) is 73.9 Å². The quantitative estimate of drug-likeness (QED) is 0.331. The summed E-state index contributed by atoms with van der Waals surface area (Å²) in [6.45, 7) is 10.1. The van der Waals surface area contributed by atoms with Crippen LogP contribution < -0.4 is 4.90 Å². The van der Waals surface area contributed by atoms with Gasteiger partial charge in [0, 0.05) is 54.8 Å². The van der Waals surface area contributed by atoms with Gasteiger partial charge in [0.05, 0.1) is 47.5 Å². The molecule has 1 aliphatic rings. The predicted octanol–water partition coefficient (Wildman–Crippen LogP) is 5.17. The molecule has 4 aromatic heterocycles. The van der Waals surface area contributed by atoms with Gasteiger partial charge < -0.3 is 14.2 Å². The molecule has 5 aromatic rings. The van der Waals surface area contributed by atoms with Crippen LogP contribution >= 0.6 is 0 Å². The van der Waals surface area contributed by atoms with Gasteiger partial charge in [0.25, 0.3) is 0 Å². The maximum atomic E-state index is 14.8. The Hall–Kier alpha value is -4.11. The molecule has 0 amide bonds. The van der Waals surface area contributed by atoms with Crippen molar-refractivity contribution in [3.63, 3.8) is 0 Å². The predicted molar refractivity (Wildman–Crippen MR) is 146 cm³/mol. The molecule has 1 aromatic carbocycles. The van der Waals surface area contributed by atoms with Gasteiger partial charge in [-0.3, -0.25) is 4.98 Å². The molecule has 0 spiro atoms. The molecule has 5 heterocycles. The highest BCUT2D eigenvalue weighted by atomic mass is 19.1. The zero-order chi connectivity index (χ0) is 26.6. The standard InChI is InChI=1S/C29H30FN7O/c1-17-15-31-8-6-25(17)37-20(4)28(19(3)34-37)24-14-27(36-10-11-38-16-18(36)2)33-29(32-24)23-12-21(30)13-26-22(23)7-9-35(26)5/h6-9,12-15,18H,10-11,16H2,1-5H3/t18-/m1/s1. The monoisotopic (exact) mass is 511 g/mol. The number of hydrogen-bond acceptors (Lipinski definition) is 6. The number of hydrogen-bond donors (Lipinski definition) is 0. The van der Waals surface area contributed by atoms with Gasteiger partial charge in [-0.1, -0.05) is 0 Å². The van der Waals surface area contributed by atoms with E-state index in [9.17, 15) is 4.39 Å². The third kappa shape index (κ3) is 4.03. The van der Waals surface area contributed by atoms with Gasteiger partial charge in [-0.2, -0.15) is 5.10 Å². The maximum Gasteiger partial charge on any atom is 0.162 e. The molecule has 9 heteroatoms. The van der Waals surface area contributed by atoms with Crippen LogP contribution in [0.3, 0.4) is 0 Å². The molecule has 0 saturated carbocycles. The molecule has 1 saturated heterocycles. The van der Waals surface area contributed by atoms with Crippen LogP contribution in [0.2, 0.25) is 0 Å².